The molecule has 19 heteroatoms. The van der Waals surface area contributed by atoms with Crippen LogP contribution in [0.5, 0.6) is 0 Å². The van der Waals surface area contributed by atoms with Gasteiger partial charge in [0, 0.05) is 17.7 Å². The van der Waals surface area contributed by atoms with Crippen LogP contribution in [0.15, 0.2) is 15.8 Å². The van der Waals surface area contributed by atoms with Crippen molar-refractivity contribution in [2.75, 3.05) is 6.61 Å². The van der Waals surface area contributed by atoms with E-state index in [1.54, 1.807) is 27.7 Å². The molecular formula is C15H24N2O14P3-3. The summed E-state index contributed by atoms with van der Waals surface area (Å²) in [5, 5.41) is 0. The monoisotopic (exact) mass is 549 g/mol. The lowest BCUT2D eigenvalue weighted by molar-refractivity contribution is -0.250. The van der Waals surface area contributed by atoms with Crippen LogP contribution in [0.4, 0.5) is 0 Å². The van der Waals surface area contributed by atoms with Crippen LogP contribution in [0.2, 0.25) is 0 Å². The van der Waals surface area contributed by atoms with Gasteiger partial charge in [0.05, 0.1) is 18.3 Å². The van der Waals surface area contributed by atoms with E-state index in [0.717, 1.165) is 4.57 Å². The molecule has 0 spiro atoms. The van der Waals surface area contributed by atoms with Crippen molar-refractivity contribution in [1.29, 1.82) is 0 Å². The second kappa shape index (κ2) is 10.2. The molecule has 0 saturated carbocycles. The molecule has 4 unspecified atom stereocenters. The normalized spacial score (nSPS) is 28.7. The Bertz CT molecular complexity index is 1150. The zero-order valence-corrected chi connectivity index (χ0v) is 21.3. The van der Waals surface area contributed by atoms with E-state index in [4.69, 9.17) is 14.4 Å². The van der Waals surface area contributed by atoms with Gasteiger partial charge < -0.3 is 33.6 Å². The summed E-state index contributed by atoms with van der Waals surface area (Å²) >= 11 is 0. The Morgan fingerprint density at radius 3 is 2.26 bits per heavy atom. The molecule has 34 heavy (non-hydrogen) atoms. The van der Waals surface area contributed by atoms with E-state index in [-0.39, 0.29) is 5.56 Å². The van der Waals surface area contributed by atoms with Crippen LogP contribution in [0.1, 0.15) is 39.5 Å². The Hall–Kier alpha value is -0.990. The molecule has 0 aliphatic carbocycles. The van der Waals surface area contributed by atoms with Crippen LogP contribution < -0.4 is 25.9 Å². The lowest BCUT2D eigenvalue weighted by atomic mass is 9.99. The van der Waals surface area contributed by atoms with Crippen LogP contribution in [-0.2, 0) is 36.3 Å². The van der Waals surface area contributed by atoms with Crippen LogP contribution in [0.3, 0.4) is 0 Å². The average molecular weight is 549 g/mol. The Kier molecular flexibility index (Phi) is 8.75. The Morgan fingerprint density at radius 2 is 1.74 bits per heavy atom. The summed E-state index contributed by atoms with van der Waals surface area (Å²) in [6.45, 7) is 7.39. The van der Waals surface area contributed by atoms with Crippen LogP contribution in [-0.4, -0.2) is 38.9 Å². The van der Waals surface area contributed by atoms with E-state index in [2.05, 4.69) is 18.1 Å². The third kappa shape index (κ3) is 8.30. The molecule has 1 aromatic rings. The fourth-order valence-corrected chi connectivity index (χ4v) is 5.96. The van der Waals surface area contributed by atoms with Crippen molar-refractivity contribution in [1.82, 2.24) is 9.55 Å². The van der Waals surface area contributed by atoms with Gasteiger partial charge in [0.15, 0.2) is 6.23 Å². The molecule has 1 aromatic heterocycles. The number of hydrogen-bond acceptors (Lipinski definition) is 13. The predicted octanol–water partition coefficient (Wildman–Crippen LogP) is -0.990. The molecule has 1 saturated heterocycles. The van der Waals surface area contributed by atoms with Crippen molar-refractivity contribution in [3.63, 3.8) is 0 Å². The molecule has 16 nitrogen and oxygen atoms in total. The van der Waals surface area contributed by atoms with E-state index >= 15 is 0 Å². The van der Waals surface area contributed by atoms with E-state index < -0.39 is 71.3 Å². The summed E-state index contributed by atoms with van der Waals surface area (Å²) in [4.78, 5) is 68.4. The number of aromatic nitrogens is 2. The van der Waals surface area contributed by atoms with Gasteiger partial charge in [-0.25, -0.2) is 13.4 Å². The number of nitrogens with zero attached hydrogens (tertiary/aromatic N) is 1. The van der Waals surface area contributed by atoms with E-state index in [1.807, 2.05) is 0 Å². The number of phosphoric ester groups is 1. The number of aromatic amines is 1. The third-order valence-corrected chi connectivity index (χ3v) is 8.10. The lowest BCUT2D eigenvalue weighted by Crippen LogP contribution is -2.40. The smallest absolute Gasteiger partial charge is 0.330 e. The quantitative estimate of drug-likeness (QED) is 0.352. The first-order valence-electron chi connectivity index (χ1n) is 9.58. The topological polar surface area (TPSA) is 242 Å². The molecule has 2 N–H and O–H groups in total. The van der Waals surface area contributed by atoms with Gasteiger partial charge in [0.1, 0.15) is 6.10 Å². The molecule has 0 bridgehead atoms. The molecule has 0 radical (unpaired) electrons. The summed E-state index contributed by atoms with van der Waals surface area (Å²) in [5.41, 5.74) is -1.98. The zero-order chi connectivity index (χ0) is 26.3. The minimum absolute atomic E-state index is 0.188. The molecule has 2 rings (SSSR count). The van der Waals surface area contributed by atoms with Crippen molar-refractivity contribution in [3.05, 3.63) is 32.6 Å². The van der Waals surface area contributed by atoms with Gasteiger partial charge in [-0.1, -0.05) is 6.92 Å². The molecular weight excluding hydrogens is 525 g/mol. The largest absolute Gasteiger partial charge is 0.756 e. The maximum atomic E-state index is 12.4. The van der Waals surface area contributed by atoms with Crippen molar-refractivity contribution in [2.24, 2.45) is 5.92 Å². The molecule has 7 atom stereocenters. The number of aryl methyl sites for hydroxylation is 1. The van der Waals surface area contributed by atoms with E-state index in [9.17, 15) is 38.0 Å². The van der Waals surface area contributed by atoms with Crippen molar-refractivity contribution in [2.45, 2.75) is 58.7 Å². The number of hydrogen-bond donors (Lipinski definition) is 2. The Labute approximate surface area is 193 Å². The molecule has 196 valence electrons. The fraction of sp³-hybridized carbons (Fsp3) is 0.733. The highest BCUT2D eigenvalue weighted by Crippen LogP contribution is 2.61. The summed E-state index contributed by atoms with van der Waals surface area (Å²) in [6.07, 6.45) is -1.84. The SMILES string of the molecule is Cc1cn([C@@H]2O[C@H](COP(=O)([O-])OP(=O)([O-])OP(=O)([O-])O)[C@H](C)C2OC(C)(C)C)c(=O)[nH]c1=O. The molecule has 1 aliphatic heterocycles. The Morgan fingerprint density at radius 1 is 1.15 bits per heavy atom. The number of phosphoric acid groups is 3. The van der Waals surface area contributed by atoms with Crippen molar-refractivity contribution >= 4 is 23.5 Å². The highest BCUT2D eigenvalue weighted by molar-refractivity contribution is 7.65. The van der Waals surface area contributed by atoms with Crippen molar-refractivity contribution < 1.29 is 55.9 Å². The first-order chi connectivity index (χ1) is 15.2. The van der Waals surface area contributed by atoms with Crippen LogP contribution >= 0.6 is 23.5 Å². The number of H-pyrrole nitrogens is 1. The van der Waals surface area contributed by atoms with Gasteiger partial charge in [-0.2, -0.15) is 0 Å². The minimum atomic E-state index is -6.05. The predicted molar refractivity (Wildman–Crippen MR) is 107 cm³/mol. The van der Waals surface area contributed by atoms with Gasteiger partial charge >= 0.3 is 5.69 Å². The molecule has 0 aromatic carbocycles. The van der Waals surface area contributed by atoms with Crippen LogP contribution in [0.25, 0.3) is 0 Å². The van der Waals surface area contributed by atoms with Gasteiger partial charge in [-0.3, -0.25) is 28.0 Å². The van der Waals surface area contributed by atoms with Crippen molar-refractivity contribution in [3.8, 4) is 0 Å². The summed E-state index contributed by atoms with van der Waals surface area (Å²) in [7, 11) is -17.6. The van der Waals surface area contributed by atoms with E-state index in [0.29, 0.717) is 0 Å². The molecule has 0 amide bonds. The second-order valence-electron chi connectivity index (χ2n) is 8.42. The first kappa shape index (κ1) is 29.2. The second-order valence-corrected chi connectivity index (χ2v) is 12.7. The Balaban J connectivity index is 2.25. The molecule has 2 heterocycles. The summed E-state index contributed by atoms with van der Waals surface area (Å²) in [5.74, 6) is -0.641. The summed E-state index contributed by atoms with van der Waals surface area (Å²) < 4.78 is 57.8. The van der Waals surface area contributed by atoms with Gasteiger partial charge in [0.2, 0.25) is 0 Å². The van der Waals surface area contributed by atoms with Gasteiger partial charge in [0.25, 0.3) is 29.0 Å². The maximum Gasteiger partial charge on any atom is 0.330 e. The first-order valence-corrected chi connectivity index (χ1v) is 14.0. The highest BCUT2D eigenvalue weighted by Gasteiger charge is 2.46. The van der Waals surface area contributed by atoms with Crippen LogP contribution in [0, 0.1) is 12.8 Å². The number of ether oxygens (including phenoxy) is 2. The van der Waals surface area contributed by atoms with Gasteiger partial charge in [-0.05, 0) is 27.7 Å². The zero-order valence-electron chi connectivity index (χ0n) is 18.6. The highest BCUT2D eigenvalue weighted by atomic mass is 31.3. The maximum absolute atomic E-state index is 12.4. The number of nitrogens with one attached hydrogen (secondary N) is 1. The third-order valence-electron chi connectivity index (χ3n) is 4.41. The standard InChI is InChI=1S/C15H27N2O14P3/c1-8-6-17(14(19)16-12(8)18)13-11(29-15(3,4)5)9(2)10(28-13)7-27-33(23,24)31-34(25,26)30-32(20,21)22/h6,9-11,13H,7H2,1-5H3,(H,23,24)(H,25,26)(H,16,18,19)(H2,20,21,22)/p-3/t9-,10+,11?,13+/m0/s1. The average Bonchev–Trinajstić information content (AvgIpc) is 2.88. The number of rotatable bonds is 9. The molecule has 1 aliphatic rings. The lowest BCUT2D eigenvalue weighted by Gasteiger charge is -2.33. The fourth-order valence-electron chi connectivity index (χ4n) is 3.07. The van der Waals surface area contributed by atoms with E-state index in [1.165, 1.54) is 13.1 Å². The molecule has 1 fully saturated rings. The minimum Gasteiger partial charge on any atom is -0.756 e. The summed E-state index contributed by atoms with van der Waals surface area (Å²) in [6, 6.07) is 0. The van der Waals surface area contributed by atoms with Gasteiger partial charge in [-0.15, -0.1) is 0 Å².